The maximum absolute atomic E-state index is 13.8. The van der Waals surface area contributed by atoms with Gasteiger partial charge in [0.15, 0.2) is 0 Å². The third kappa shape index (κ3) is 4.25. The zero-order chi connectivity index (χ0) is 15.2. The Morgan fingerprint density at radius 1 is 1.19 bits per heavy atom. The largest absolute Gasteiger partial charge is 0.389 e. The maximum Gasteiger partial charge on any atom is 0.319 e. The molecule has 2 aromatic carbocycles. The molecule has 6 heteroatoms. The molecule has 21 heavy (non-hydrogen) atoms. The predicted octanol–water partition coefficient (Wildman–Crippen LogP) is 2.78. The SMILES string of the molecule is NC(=S)c1ccc(NC(=O)NCc2ccccc2)c(F)c1. The molecule has 0 aliphatic carbocycles. The number of benzene rings is 2. The molecule has 0 spiro atoms. The second kappa shape index (κ2) is 6.81. The fraction of sp³-hybridized carbons (Fsp3) is 0.0667. The van der Waals surface area contributed by atoms with Crippen molar-refractivity contribution in [1.82, 2.24) is 5.32 Å². The summed E-state index contributed by atoms with van der Waals surface area (Å²) in [5, 5.41) is 5.08. The van der Waals surface area contributed by atoms with Crippen LogP contribution in [0.2, 0.25) is 0 Å². The van der Waals surface area contributed by atoms with Crippen molar-refractivity contribution >= 4 is 28.9 Å². The molecule has 4 nitrogen and oxygen atoms in total. The number of hydrogen-bond acceptors (Lipinski definition) is 2. The number of hydrogen-bond donors (Lipinski definition) is 3. The van der Waals surface area contributed by atoms with Crippen LogP contribution >= 0.6 is 12.2 Å². The Bertz CT molecular complexity index is 661. The van der Waals surface area contributed by atoms with Crippen LogP contribution < -0.4 is 16.4 Å². The van der Waals surface area contributed by atoms with Crippen LogP contribution in [0.15, 0.2) is 48.5 Å². The lowest BCUT2D eigenvalue weighted by Gasteiger charge is -2.09. The molecule has 4 N–H and O–H groups in total. The van der Waals surface area contributed by atoms with Crippen LogP contribution in [-0.2, 0) is 6.54 Å². The van der Waals surface area contributed by atoms with Gasteiger partial charge in [0.1, 0.15) is 10.8 Å². The number of urea groups is 1. The summed E-state index contributed by atoms with van der Waals surface area (Å²) in [5.41, 5.74) is 6.85. The van der Waals surface area contributed by atoms with E-state index in [9.17, 15) is 9.18 Å². The molecule has 0 bridgehead atoms. The summed E-state index contributed by atoms with van der Waals surface area (Å²) < 4.78 is 13.8. The summed E-state index contributed by atoms with van der Waals surface area (Å²) in [5.74, 6) is -0.588. The molecule has 0 aliphatic heterocycles. The van der Waals surface area contributed by atoms with Crippen molar-refractivity contribution in [3.63, 3.8) is 0 Å². The zero-order valence-electron chi connectivity index (χ0n) is 11.1. The Balaban J connectivity index is 1.95. The Kier molecular flexibility index (Phi) is 4.84. The van der Waals surface area contributed by atoms with Gasteiger partial charge in [-0.1, -0.05) is 42.5 Å². The van der Waals surface area contributed by atoms with Gasteiger partial charge in [-0.05, 0) is 23.8 Å². The summed E-state index contributed by atoms with van der Waals surface area (Å²) >= 11 is 4.76. The Hall–Kier alpha value is -2.47. The molecule has 0 saturated heterocycles. The predicted molar refractivity (Wildman–Crippen MR) is 84.6 cm³/mol. The minimum absolute atomic E-state index is 0.0700. The maximum atomic E-state index is 13.8. The number of amides is 2. The number of rotatable bonds is 4. The molecule has 0 saturated carbocycles. The average molecular weight is 303 g/mol. The van der Waals surface area contributed by atoms with Crippen LogP contribution in [0.25, 0.3) is 0 Å². The molecule has 2 rings (SSSR count). The molecule has 0 fully saturated rings. The van der Waals surface area contributed by atoms with Crippen LogP contribution in [0.1, 0.15) is 11.1 Å². The Morgan fingerprint density at radius 3 is 2.52 bits per heavy atom. The highest BCUT2D eigenvalue weighted by Gasteiger charge is 2.08. The van der Waals surface area contributed by atoms with E-state index >= 15 is 0 Å². The van der Waals surface area contributed by atoms with Crippen molar-refractivity contribution in [2.75, 3.05) is 5.32 Å². The van der Waals surface area contributed by atoms with Gasteiger partial charge >= 0.3 is 6.03 Å². The number of halogens is 1. The van der Waals surface area contributed by atoms with Crippen molar-refractivity contribution in [3.8, 4) is 0 Å². The van der Waals surface area contributed by atoms with Crippen molar-refractivity contribution in [2.45, 2.75) is 6.54 Å². The summed E-state index contributed by atoms with van der Waals surface area (Å²) in [6.45, 7) is 0.360. The fourth-order valence-corrected chi connectivity index (χ4v) is 1.84. The Labute approximate surface area is 127 Å². The molecule has 0 unspecified atom stereocenters. The highest BCUT2D eigenvalue weighted by molar-refractivity contribution is 7.80. The minimum atomic E-state index is -0.588. The number of thiocarbonyl (C=S) groups is 1. The third-order valence-electron chi connectivity index (χ3n) is 2.80. The van der Waals surface area contributed by atoms with E-state index in [-0.39, 0.29) is 10.7 Å². The van der Waals surface area contributed by atoms with Crippen molar-refractivity contribution in [2.24, 2.45) is 5.73 Å². The standard InChI is InChI=1S/C15H14FN3OS/c16-12-8-11(14(17)21)6-7-13(12)19-15(20)18-9-10-4-2-1-3-5-10/h1-8H,9H2,(H2,17,21)(H2,18,19,20). The van der Waals surface area contributed by atoms with Crippen LogP contribution in [0.4, 0.5) is 14.9 Å². The van der Waals surface area contributed by atoms with E-state index in [2.05, 4.69) is 10.6 Å². The number of anilines is 1. The lowest BCUT2D eigenvalue weighted by Crippen LogP contribution is -2.28. The first-order valence-corrected chi connectivity index (χ1v) is 6.65. The number of nitrogens with two attached hydrogens (primary N) is 1. The molecule has 108 valence electrons. The van der Waals surface area contributed by atoms with Gasteiger partial charge in [0.25, 0.3) is 0 Å². The van der Waals surface area contributed by atoms with Gasteiger partial charge in [-0.25, -0.2) is 9.18 Å². The van der Waals surface area contributed by atoms with Crippen LogP contribution in [0.5, 0.6) is 0 Å². The second-order valence-corrected chi connectivity index (χ2v) is 4.79. The molecule has 0 atom stereocenters. The minimum Gasteiger partial charge on any atom is -0.389 e. The quantitative estimate of drug-likeness (QED) is 0.761. The first kappa shape index (κ1) is 14.9. The third-order valence-corrected chi connectivity index (χ3v) is 3.03. The molecule has 2 aromatic rings. The molecule has 0 heterocycles. The van der Waals surface area contributed by atoms with Gasteiger partial charge in [0.05, 0.1) is 5.69 Å². The van der Waals surface area contributed by atoms with E-state index in [1.165, 1.54) is 12.1 Å². The first-order valence-electron chi connectivity index (χ1n) is 6.24. The molecule has 0 radical (unpaired) electrons. The zero-order valence-corrected chi connectivity index (χ0v) is 11.9. The molecule has 0 aliphatic rings. The summed E-state index contributed by atoms with van der Waals surface area (Å²) in [6.07, 6.45) is 0. The van der Waals surface area contributed by atoms with Gasteiger partial charge in [-0.15, -0.1) is 0 Å². The highest BCUT2D eigenvalue weighted by atomic mass is 32.1. The van der Waals surface area contributed by atoms with Gasteiger partial charge in [-0.2, -0.15) is 0 Å². The van der Waals surface area contributed by atoms with Crippen molar-refractivity contribution < 1.29 is 9.18 Å². The number of carbonyl (C=O) groups excluding carboxylic acids is 1. The monoisotopic (exact) mass is 303 g/mol. The Morgan fingerprint density at radius 2 is 1.90 bits per heavy atom. The van der Waals surface area contributed by atoms with Crippen LogP contribution in [0.3, 0.4) is 0 Å². The van der Waals surface area contributed by atoms with Gasteiger partial charge in [0.2, 0.25) is 0 Å². The van der Waals surface area contributed by atoms with E-state index in [4.69, 9.17) is 18.0 Å². The van der Waals surface area contributed by atoms with Crippen LogP contribution in [0, 0.1) is 5.82 Å². The molecular formula is C15H14FN3OS. The van der Waals surface area contributed by atoms with E-state index in [0.29, 0.717) is 12.1 Å². The van der Waals surface area contributed by atoms with E-state index in [1.807, 2.05) is 30.3 Å². The molecule has 2 amide bonds. The van der Waals surface area contributed by atoms with Crippen molar-refractivity contribution in [1.29, 1.82) is 0 Å². The normalized spacial score (nSPS) is 9.95. The lowest BCUT2D eigenvalue weighted by atomic mass is 10.2. The lowest BCUT2D eigenvalue weighted by molar-refractivity contribution is 0.251. The van der Waals surface area contributed by atoms with Crippen molar-refractivity contribution in [3.05, 3.63) is 65.5 Å². The number of carbonyl (C=O) groups is 1. The topological polar surface area (TPSA) is 67.1 Å². The summed E-state index contributed by atoms with van der Waals surface area (Å²) in [6, 6.07) is 13.1. The molecular weight excluding hydrogens is 289 g/mol. The smallest absolute Gasteiger partial charge is 0.319 e. The fourth-order valence-electron chi connectivity index (χ4n) is 1.71. The average Bonchev–Trinajstić information content (AvgIpc) is 2.48. The van der Waals surface area contributed by atoms with Crippen LogP contribution in [-0.4, -0.2) is 11.0 Å². The van der Waals surface area contributed by atoms with E-state index in [1.54, 1.807) is 6.07 Å². The number of nitrogens with one attached hydrogen (secondary N) is 2. The summed E-state index contributed by atoms with van der Waals surface area (Å²) in [4.78, 5) is 11.8. The van der Waals surface area contributed by atoms with Gasteiger partial charge in [-0.3, -0.25) is 0 Å². The van der Waals surface area contributed by atoms with Gasteiger partial charge < -0.3 is 16.4 Å². The first-order chi connectivity index (χ1) is 10.1. The van der Waals surface area contributed by atoms with E-state index < -0.39 is 11.8 Å². The second-order valence-electron chi connectivity index (χ2n) is 4.35. The van der Waals surface area contributed by atoms with Gasteiger partial charge in [0, 0.05) is 12.1 Å². The molecule has 0 aromatic heterocycles. The summed E-state index contributed by atoms with van der Waals surface area (Å²) in [7, 11) is 0. The highest BCUT2D eigenvalue weighted by Crippen LogP contribution is 2.15. The van der Waals surface area contributed by atoms with E-state index in [0.717, 1.165) is 5.56 Å².